The molecule has 2 aromatic heterocycles. The summed E-state index contributed by atoms with van der Waals surface area (Å²) in [5, 5.41) is 2.33. The standard InChI is InChI=1S/C11H13ClN4S/c1-3-4-8-9(12)14-7-15-10(8)17-11-13-5-6-16(11)2/h5-7H,3-4H2,1-2H3. The molecule has 0 aliphatic heterocycles. The predicted molar refractivity (Wildman–Crippen MR) is 68.4 cm³/mol. The zero-order valence-corrected chi connectivity index (χ0v) is 11.3. The number of rotatable bonds is 4. The smallest absolute Gasteiger partial charge is 0.174 e. The summed E-state index contributed by atoms with van der Waals surface area (Å²) in [7, 11) is 1.96. The molecule has 0 unspecified atom stereocenters. The van der Waals surface area contributed by atoms with Crippen LogP contribution in [0.5, 0.6) is 0 Å². The molecular formula is C11H13ClN4S. The molecule has 0 spiro atoms. The van der Waals surface area contributed by atoms with Gasteiger partial charge in [0.15, 0.2) is 5.16 Å². The van der Waals surface area contributed by atoms with E-state index in [2.05, 4.69) is 21.9 Å². The Bertz CT molecular complexity index is 512. The number of nitrogens with zero attached hydrogens (tertiary/aromatic N) is 4. The van der Waals surface area contributed by atoms with Crippen molar-refractivity contribution >= 4 is 23.4 Å². The van der Waals surface area contributed by atoms with Crippen molar-refractivity contribution in [3.05, 3.63) is 29.4 Å². The molecule has 6 heteroatoms. The number of aromatic nitrogens is 4. The molecule has 0 amide bonds. The third-order valence-corrected chi connectivity index (χ3v) is 3.77. The van der Waals surface area contributed by atoms with E-state index in [9.17, 15) is 0 Å². The third kappa shape index (κ3) is 2.79. The maximum absolute atomic E-state index is 6.10. The summed E-state index contributed by atoms with van der Waals surface area (Å²) in [5.41, 5.74) is 1.00. The second-order valence-corrected chi connectivity index (χ2v) is 4.93. The summed E-state index contributed by atoms with van der Waals surface area (Å²) >= 11 is 7.61. The Morgan fingerprint density at radius 3 is 2.82 bits per heavy atom. The second-order valence-electron chi connectivity index (χ2n) is 3.62. The van der Waals surface area contributed by atoms with E-state index in [0.717, 1.165) is 28.6 Å². The fourth-order valence-corrected chi connectivity index (χ4v) is 2.66. The van der Waals surface area contributed by atoms with E-state index in [-0.39, 0.29) is 0 Å². The molecule has 0 aromatic carbocycles. The molecule has 0 atom stereocenters. The van der Waals surface area contributed by atoms with Crippen molar-refractivity contribution in [1.82, 2.24) is 19.5 Å². The minimum absolute atomic E-state index is 0.540. The molecule has 90 valence electrons. The topological polar surface area (TPSA) is 43.6 Å². The molecule has 0 aliphatic carbocycles. The maximum atomic E-state index is 6.10. The first-order valence-electron chi connectivity index (χ1n) is 5.37. The molecule has 2 heterocycles. The fraction of sp³-hybridized carbons (Fsp3) is 0.364. The fourth-order valence-electron chi connectivity index (χ4n) is 1.46. The van der Waals surface area contributed by atoms with Crippen molar-refractivity contribution in [2.45, 2.75) is 29.9 Å². The van der Waals surface area contributed by atoms with E-state index < -0.39 is 0 Å². The summed E-state index contributed by atoms with van der Waals surface area (Å²) in [6.45, 7) is 2.11. The Labute approximate surface area is 109 Å². The normalized spacial score (nSPS) is 10.8. The summed E-state index contributed by atoms with van der Waals surface area (Å²) in [5.74, 6) is 0. The van der Waals surface area contributed by atoms with Crippen molar-refractivity contribution in [3.63, 3.8) is 0 Å². The van der Waals surface area contributed by atoms with Crippen LogP contribution >= 0.6 is 23.4 Å². The minimum Gasteiger partial charge on any atom is -0.329 e. The van der Waals surface area contributed by atoms with Crippen molar-refractivity contribution in [2.24, 2.45) is 7.05 Å². The Morgan fingerprint density at radius 1 is 1.35 bits per heavy atom. The van der Waals surface area contributed by atoms with Crippen molar-refractivity contribution in [2.75, 3.05) is 0 Å². The highest BCUT2D eigenvalue weighted by Crippen LogP contribution is 2.30. The van der Waals surface area contributed by atoms with E-state index in [1.807, 2.05) is 17.8 Å². The molecule has 2 aromatic rings. The quantitative estimate of drug-likeness (QED) is 0.800. The summed E-state index contributed by atoms with van der Waals surface area (Å²) in [4.78, 5) is 12.6. The molecule has 0 aliphatic rings. The van der Waals surface area contributed by atoms with Crippen LogP contribution in [0.1, 0.15) is 18.9 Å². The Kier molecular flexibility index (Phi) is 4.02. The number of imidazole rings is 1. The van der Waals surface area contributed by atoms with Gasteiger partial charge in [0.1, 0.15) is 16.5 Å². The zero-order chi connectivity index (χ0) is 12.3. The van der Waals surface area contributed by atoms with Crippen LogP contribution in [-0.4, -0.2) is 19.5 Å². The van der Waals surface area contributed by atoms with Crippen LogP contribution in [0.25, 0.3) is 0 Å². The van der Waals surface area contributed by atoms with Crippen LogP contribution in [0.15, 0.2) is 28.9 Å². The molecule has 17 heavy (non-hydrogen) atoms. The predicted octanol–water partition coefficient (Wildman–Crippen LogP) is 2.97. The van der Waals surface area contributed by atoms with Gasteiger partial charge in [-0.1, -0.05) is 24.9 Å². The van der Waals surface area contributed by atoms with E-state index in [1.165, 1.54) is 18.1 Å². The van der Waals surface area contributed by atoms with Gasteiger partial charge in [-0.15, -0.1) is 0 Å². The molecule has 0 N–H and O–H groups in total. The third-order valence-electron chi connectivity index (χ3n) is 2.32. The first kappa shape index (κ1) is 12.4. The largest absolute Gasteiger partial charge is 0.329 e. The molecule has 2 rings (SSSR count). The highest BCUT2D eigenvalue weighted by atomic mass is 35.5. The lowest BCUT2D eigenvalue weighted by atomic mass is 10.2. The monoisotopic (exact) mass is 268 g/mol. The van der Waals surface area contributed by atoms with Gasteiger partial charge in [0, 0.05) is 25.0 Å². The first-order valence-corrected chi connectivity index (χ1v) is 6.56. The van der Waals surface area contributed by atoms with Gasteiger partial charge < -0.3 is 4.57 Å². The lowest BCUT2D eigenvalue weighted by molar-refractivity contribution is 0.784. The van der Waals surface area contributed by atoms with Crippen molar-refractivity contribution in [3.8, 4) is 0 Å². The van der Waals surface area contributed by atoms with Gasteiger partial charge in [0.05, 0.1) is 0 Å². The molecule has 0 fully saturated rings. The van der Waals surface area contributed by atoms with E-state index >= 15 is 0 Å². The Hall–Kier alpha value is -1.07. The SMILES string of the molecule is CCCc1c(Cl)ncnc1Sc1nccn1C. The van der Waals surface area contributed by atoms with E-state index in [1.54, 1.807) is 6.20 Å². The van der Waals surface area contributed by atoms with Gasteiger partial charge >= 0.3 is 0 Å². The van der Waals surface area contributed by atoms with Gasteiger partial charge in [-0.25, -0.2) is 15.0 Å². The van der Waals surface area contributed by atoms with Crippen LogP contribution in [0.4, 0.5) is 0 Å². The number of hydrogen-bond donors (Lipinski definition) is 0. The lowest BCUT2D eigenvalue weighted by Crippen LogP contribution is -1.97. The van der Waals surface area contributed by atoms with Gasteiger partial charge in [0.2, 0.25) is 0 Å². The van der Waals surface area contributed by atoms with Crippen LogP contribution in [0.3, 0.4) is 0 Å². The maximum Gasteiger partial charge on any atom is 0.174 e. The highest BCUT2D eigenvalue weighted by molar-refractivity contribution is 7.99. The number of aryl methyl sites for hydroxylation is 1. The van der Waals surface area contributed by atoms with E-state index in [0.29, 0.717) is 5.15 Å². The lowest BCUT2D eigenvalue weighted by Gasteiger charge is -2.07. The summed E-state index contributed by atoms with van der Waals surface area (Å²) in [6.07, 6.45) is 7.07. The zero-order valence-electron chi connectivity index (χ0n) is 9.72. The molecular weight excluding hydrogens is 256 g/mol. The highest BCUT2D eigenvalue weighted by Gasteiger charge is 2.12. The minimum atomic E-state index is 0.540. The number of halogens is 1. The second kappa shape index (κ2) is 5.51. The molecule has 0 radical (unpaired) electrons. The van der Waals surface area contributed by atoms with Crippen LogP contribution in [0, 0.1) is 0 Å². The summed E-state index contributed by atoms with van der Waals surface area (Å²) in [6, 6.07) is 0. The molecule has 0 saturated carbocycles. The van der Waals surface area contributed by atoms with Crippen LogP contribution in [0.2, 0.25) is 5.15 Å². The average Bonchev–Trinajstić information content (AvgIpc) is 2.70. The van der Waals surface area contributed by atoms with Crippen molar-refractivity contribution in [1.29, 1.82) is 0 Å². The first-order chi connectivity index (χ1) is 8.22. The van der Waals surface area contributed by atoms with Crippen molar-refractivity contribution < 1.29 is 0 Å². The van der Waals surface area contributed by atoms with Gasteiger partial charge in [-0.3, -0.25) is 0 Å². The molecule has 0 saturated heterocycles. The van der Waals surface area contributed by atoms with Gasteiger partial charge in [-0.05, 0) is 18.2 Å². The van der Waals surface area contributed by atoms with Crippen LogP contribution < -0.4 is 0 Å². The Morgan fingerprint density at radius 2 is 2.18 bits per heavy atom. The average molecular weight is 269 g/mol. The molecule has 0 bridgehead atoms. The van der Waals surface area contributed by atoms with Crippen LogP contribution in [-0.2, 0) is 13.5 Å². The Balaban J connectivity index is 2.32. The molecule has 4 nitrogen and oxygen atoms in total. The van der Waals surface area contributed by atoms with Gasteiger partial charge in [-0.2, -0.15) is 0 Å². The van der Waals surface area contributed by atoms with E-state index in [4.69, 9.17) is 11.6 Å². The number of hydrogen-bond acceptors (Lipinski definition) is 4. The van der Waals surface area contributed by atoms with Gasteiger partial charge in [0.25, 0.3) is 0 Å². The summed E-state index contributed by atoms with van der Waals surface area (Å²) < 4.78 is 1.95.